The average Bonchev–Trinajstić information content (AvgIpc) is 2.93. The monoisotopic (exact) mass is 532 g/mol. The second-order valence-corrected chi connectivity index (χ2v) is 11.5. The van der Waals surface area contributed by atoms with E-state index in [0.717, 1.165) is 29.4 Å². The lowest BCUT2D eigenvalue weighted by atomic mass is 10.0. The zero-order chi connectivity index (χ0) is 27.7. The molecule has 0 aliphatic carbocycles. The highest BCUT2D eigenvalue weighted by Crippen LogP contribution is 2.31. The molecular formula is C36H52O3. The number of hydrogen-bond donors (Lipinski definition) is 0. The van der Waals surface area contributed by atoms with Gasteiger partial charge in [0.2, 0.25) is 0 Å². The van der Waals surface area contributed by atoms with Crippen LogP contribution in [0.5, 0.6) is 5.75 Å². The standard InChI is InChI=1S/C36H52O3/c1-4-5-6-7-8-9-10-11-12-13-14-15-16-17-18-25-35(36(37)38-29(2)3)39-34-26-21-24-32-27-30-22-19-20-23-31(30)28-33(32)34/h19-24,26-29,35H,4-18,25H2,1-3H3. The maximum absolute atomic E-state index is 12.9. The van der Waals surface area contributed by atoms with Gasteiger partial charge in [-0.25, -0.2) is 4.79 Å². The Morgan fingerprint density at radius 2 is 1.15 bits per heavy atom. The van der Waals surface area contributed by atoms with Crippen molar-refractivity contribution in [1.82, 2.24) is 0 Å². The number of carbonyl (C=O) groups excluding carboxylic acids is 1. The molecule has 0 saturated heterocycles. The van der Waals surface area contributed by atoms with Gasteiger partial charge in [-0.3, -0.25) is 0 Å². The third kappa shape index (κ3) is 11.2. The minimum Gasteiger partial charge on any atom is -0.478 e. The number of esters is 1. The largest absolute Gasteiger partial charge is 0.478 e. The van der Waals surface area contributed by atoms with Crippen molar-refractivity contribution >= 4 is 27.5 Å². The minimum absolute atomic E-state index is 0.152. The molecule has 0 aliphatic rings. The first-order chi connectivity index (χ1) is 19.1. The Labute approximate surface area is 237 Å². The lowest BCUT2D eigenvalue weighted by molar-refractivity contribution is -0.156. The van der Waals surface area contributed by atoms with Crippen molar-refractivity contribution < 1.29 is 14.3 Å². The summed E-state index contributed by atoms with van der Waals surface area (Å²) in [5, 5.41) is 4.53. The van der Waals surface area contributed by atoms with Crippen molar-refractivity contribution in [2.45, 2.75) is 136 Å². The number of unbranched alkanes of at least 4 members (excludes halogenated alkanes) is 14. The fourth-order valence-corrected chi connectivity index (χ4v) is 5.43. The first-order valence-corrected chi connectivity index (χ1v) is 15.9. The summed E-state index contributed by atoms with van der Waals surface area (Å²) in [7, 11) is 0. The SMILES string of the molecule is CCCCCCCCCCCCCCCCCC(Oc1cccc2cc3ccccc3cc12)C(=O)OC(C)C. The van der Waals surface area contributed by atoms with Gasteiger partial charge in [0.25, 0.3) is 0 Å². The molecule has 0 amide bonds. The van der Waals surface area contributed by atoms with Crippen LogP contribution in [0.4, 0.5) is 0 Å². The number of fused-ring (bicyclic) bond motifs is 2. The summed E-state index contributed by atoms with van der Waals surface area (Å²) < 4.78 is 12.0. The molecule has 0 fully saturated rings. The van der Waals surface area contributed by atoms with Gasteiger partial charge in [-0.2, -0.15) is 0 Å². The topological polar surface area (TPSA) is 35.5 Å². The molecule has 3 aromatic carbocycles. The summed E-state index contributed by atoms with van der Waals surface area (Å²) in [5.74, 6) is 0.498. The van der Waals surface area contributed by atoms with Gasteiger partial charge in [0, 0.05) is 5.39 Å². The number of rotatable bonds is 20. The fourth-order valence-electron chi connectivity index (χ4n) is 5.43. The summed E-state index contributed by atoms with van der Waals surface area (Å²) in [6.07, 6.45) is 19.9. The number of carbonyl (C=O) groups is 1. The lowest BCUT2D eigenvalue weighted by Gasteiger charge is -2.20. The van der Waals surface area contributed by atoms with E-state index in [4.69, 9.17) is 9.47 Å². The van der Waals surface area contributed by atoms with E-state index in [9.17, 15) is 4.79 Å². The average molecular weight is 533 g/mol. The Balaban J connectivity index is 1.40. The van der Waals surface area contributed by atoms with Gasteiger partial charge in [-0.05, 0) is 61.0 Å². The van der Waals surface area contributed by atoms with Crippen LogP contribution in [0.25, 0.3) is 21.5 Å². The van der Waals surface area contributed by atoms with Crippen molar-refractivity contribution in [3.05, 3.63) is 54.6 Å². The zero-order valence-electron chi connectivity index (χ0n) is 24.9. The summed E-state index contributed by atoms with van der Waals surface area (Å²) in [4.78, 5) is 12.9. The Morgan fingerprint density at radius 1 is 0.641 bits per heavy atom. The summed E-state index contributed by atoms with van der Waals surface area (Å²) >= 11 is 0. The van der Waals surface area contributed by atoms with Gasteiger partial charge in [0.15, 0.2) is 6.10 Å². The molecule has 0 radical (unpaired) electrons. The van der Waals surface area contributed by atoms with E-state index < -0.39 is 6.10 Å². The molecule has 214 valence electrons. The van der Waals surface area contributed by atoms with Gasteiger partial charge in [0.05, 0.1) is 6.10 Å². The molecule has 3 rings (SSSR count). The van der Waals surface area contributed by atoms with Gasteiger partial charge in [-0.1, -0.05) is 133 Å². The minimum atomic E-state index is -0.577. The third-order valence-electron chi connectivity index (χ3n) is 7.66. The molecule has 0 heterocycles. The predicted octanol–water partition coefficient (Wildman–Crippen LogP) is 11.0. The van der Waals surface area contributed by atoms with Crippen molar-refractivity contribution in [1.29, 1.82) is 0 Å². The molecule has 0 spiro atoms. The molecule has 0 aromatic heterocycles. The van der Waals surface area contributed by atoms with Crippen LogP contribution in [0.3, 0.4) is 0 Å². The van der Waals surface area contributed by atoms with Crippen molar-refractivity contribution in [3.8, 4) is 5.75 Å². The van der Waals surface area contributed by atoms with Gasteiger partial charge < -0.3 is 9.47 Å². The van der Waals surface area contributed by atoms with Crippen LogP contribution in [0, 0.1) is 0 Å². The fraction of sp³-hybridized carbons (Fsp3) is 0.583. The molecule has 3 aromatic rings. The van der Waals surface area contributed by atoms with Crippen LogP contribution in [0.2, 0.25) is 0 Å². The van der Waals surface area contributed by atoms with E-state index in [1.165, 1.54) is 94.2 Å². The van der Waals surface area contributed by atoms with Crippen molar-refractivity contribution in [2.24, 2.45) is 0 Å². The molecule has 0 saturated carbocycles. The molecule has 39 heavy (non-hydrogen) atoms. The van der Waals surface area contributed by atoms with E-state index in [0.29, 0.717) is 6.42 Å². The Hall–Kier alpha value is -2.55. The number of benzene rings is 3. The normalized spacial score (nSPS) is 12.3. The second kappa shape index (κ2) is 17.9. The quantitative estimate of drug-likeness (QED) is 0.0824. The summed E-state index contributed by atoms with van der Waals surface area (Å²) in [6, 6.07) is 18.8. The van der Waals surface area contributed by atoms with Gasteiger partial charge >= 0.3 is 5.97 Å². The lowest BCUT2D eigenvalue weighted by Crippen LogP contribution is -2.31. The highest BCUT2D eigenvalue weighted by atomic mass is 16.6. The summed E-state index contributed by atoms with van der Waals surface area (Å²) in [5.41, 5.74) is 0. The van der Waals surface area contributed by atoms with Gasteiger partial charge in [0.1, 0.15) is 5.75 Å². The first kappa shape index (κ1) is 31.0. The summed E-state index contributed by atoms with van der Waals surface area (Å²) in [6.45, 7) is 6.07. The van der Waals surface area contributed by atoms with Crippen molar-refractivity contribution in [2.75, 3.05) is 0 Å². The van der Waals surface area contributed by atoms with E-state index in [1.807, 2.05) is 26.0 Å². The maximum Gasteiger partial charge on any atom is 0.347 e. The smallest absolute Gasteiger partial charge is 0.347 e. The number of hydrogen-bond acceptors (Lipinski definition) is 3. The van der Waals surface area contributed by atoms with Gasteiger partial charge in [-0.15, -0.1) is 0 Å². The molecule has 1 unspecified atom stereocenters. The molecular weight excluding hydrogens is 480 g/mol. The van der Waals surface area contributed by atoms with Crippen LogP contribution in [0.15, 0.2) is 54.6 Å². The van der Waals surface area contributed by atoms with E-state index in [-0.39, 0.29) is 12.1 Å². The molecule has 0 aliphatic heterocycles. The van der Waals surface area contributed by atoms with Crippen molar-refractivity contribution in [3.63, 3.8) is 0 Å². The molecule has 0 N–H and O–H groups in total. The number of ether oxygens (including phenoxy) is 2. The Bertz CT molecular complexity index is 1100. The predicted molar refractivity (Wildman–Crippen MR) is 167 cm³/mol. The van der Waals surface area contributed by atoms with E-state index in [1.54, 1.807) is 0 Å². The molecule has 3 heteroatoms. The van der Waals surface area contributed by atoms with Crippen LogP contribution < -0.4 is 4.74 Å². The highest BCUT2D eigenvalue weighted by molar-refractivity contribution is 6.01. The Morgan fingerprint density at radius 3 is 1.72 bits per heavy atom. The van der Waals surface area contributed by atoms with E-state index >= 15 is 0 Å². The first-order valence-electron chi connectivity index (χ1n) is 15.9. The molecule has 1 atom stereocenters. The second-order valence-electron chi connectivity index (χ2n) is 11.5. The molecule has 0 bridgehead atoms. The highest BCUT2D eigenvalue weighted by Gasteiger charge is 2.23. The Kier molecular flexibility index (Phi) is 14.2. The van der Waals surface area contributed by atoms with Crippen LogP contribution in [0.1, 0.15) is 124 Å². The third-order valence-corrected chi connectivity index (χ3v) is 7.66. The van der Waals surface area contributed by atoms with Crippen LogP contribution >= 0.6 is 0 Å². The maximum atomic E-state index is 12.9. The zero-order valence-corrected chi connectivity index (χ0v) is 24.9. The van der Waals surface area contributed by atoms with Crippen LogP contribution in [-0.4, -0.2) is 18.2 Å². The van der Waals surface area contributed by atoms with E-state index in [2.05, 4.69) is 49.4 Å². The molecule has 3 nitrogen and oxygen atoms in total. The van der Waals surface area contributed by atoms with Crippen LogP contribution in [-0.2, 0) is 9.53 Å².